The van der Waals surface area contributed by atoms with Crippen molar-refractivity contribution in [2.24, 2.45) is 0 Å². The van der Waals surface area contributed by atoms with E-state index in [9.17, 15) is 4.79 Å². The maximum absolute atomic E-state index is 12.4. The van der Waals surface area contributed by atoms with Crippen molar-refractivity contribution in [2.45, 2.75) is 50.2 Å². The Morgan fingerprint density at radius 2 is 1.95 bits per heavy atom. The van der Waals surface area contributed by atoms with E-state index in [1.54, 1.807) is 0 Å². The minimum atomic E-state index is -0.270. The molecule has 1 aromatic rings. The Hall–Kier alpha value is -1.06. The Balaban J connectivity index is 1.72. The van der Waals surface area contributed by atoms with Gasteiger partial charge >= 0.3 is 0 Å². The average Bonchev–Trinajstić information content (AvgIpc) is 2.45. The summed E-state index contributed by atoms with van der Waals surface area (Å²) >= 11 is 5.94. The standard InChI is InChI=1S/C16H20ClNO2/c17-13-7-5-12(6-8-13)16(9-3-10-16)18-15(19)14-4-1-2-11-20-14/h5-8,14H,1-4,9-11H2,(H,18,19). The van der Waals surface area contributed by atoms with Gasteiger partial charge in [-0.05, 0) is 56.2 Å². The molecular formula is C16H20ClNO2. The molecule has 1 heterocycles. The fraction of sp³-hybridized carbons (Fsp3) is 0.562. The van der Waals surface area contributed by atoms with Crippen LogP contribution in [0.1, 0.15) is 44.1 Å². The van der Waals surface area contributed by atoms with Crippen LogP contribution in [0.5, 0.6) is 0 Å². The zero-order chi connectivity index (χ0) is 14.0. The molecule has 3 rings (SSSR count). The van der Waals surface area contributed by atoms with Gasteiger partial charge < -0.3 is 10.1 Å². The molecule has 1 N–H and O–H groups in total. The van der Waals surface area contributed by atoms with Gasteiger partial charge in [0.05, 0.1) is 5.54 Å². The monoisotopic (exact) mass is 293 g/mol. The zero-order valence-corrected chi connectivity index (χ0v) is 12.3. The van der Waals surface area contributed by atoms with Crippen molar-refractivity contribution in [1.82, 2.24) is 5.32 Å². The second-order valence-corrected chi connectivity index (χ2v) is 6.22. The van der Waals surface area contributed by atoms with Crippen LogP contribution in [0.3, 0.4) is 0 Å². The highest BCUT2D eigenvalue weighted by molar-refractivity contribution is 6.30. The molecular weight excluding hydrogens is 274 g/mol. The number of carbonyl (C=O) groups excluding carboxylic acids is 1. The number of carbonyl (C=O) groups is 1. The van der Waals surface area contributed by atoms with Crippen molar-refractivity contribution in [3.63, 3.8) is 0 Å². The van der Waals surface area contributed by atoms with E-state index < -0.39 is 0 Å². The Kier molecular flexibility index (Phi) is 3.99. The third-order valence-electron chi connectivity index (χ3n) is 4.44. The molecule has 0 aromatic heterocycles. The van der Waals surface area contributed by atoms with Crippen LogP contribution in [0.15, 0.2) is 24.3 Å². The zero-order valence-electron chi connectivity index (χ0n) is 11.5. The first kappa shape index (κ1) is 13.9. The molecule has 1 saturated carbocycles. The predicted octanol–water partition coefficient (Wildman–Crippen LogP) is 3.40. The Labute approximate surface area is 124 Å². The lowest BCUT2D eigenvalue weighted by Crippen LogP contribution is -2.54. The summed E-state index contributed by atoms with van der Waals surface area (Å²) in [6.07, 6.45) is 5.84. The first-order valence-corrected chi connectivity index (χ1v) is 7.77. The molecule has 1 aliphatic heterocycles. The van der Waals surface area contributed by atoms with E-state index in [0.717, 1.165) is 49.1 Å². The van der Waals surface area contributed by atoms with Gasteiger partial charge in [0.1, 0.15) is 6.10 Å². The highest BCUT2D eigenvalue weighted by Gasteiger charge is 2.41. The van der Waals surface area contributed by atoms with Crippen LogP contribution in [0, 0.1) is 0 Å². The van der Waals surface area contributed by atoms with Crippen molar-refractivity contribution in [3.05, 3.63) is 34.9 Å². The van der Waals surface area contributed by atoms with Crippen molar-refractivity contribution in [3.8, 4) is 0 Å². The van der Waals surface area contributed by atoms with Crippen LogP contribution in [-0.2, 0) is 15.1 Å². The van der Waals surface area contributed by atoms with Gasteiger partial charge in [-0.3, -0.25) is 4.79 Å². The number of hydrogen-bond acceptors (Lipinski definition) is 2. The summed E-state index contributed by atoms with van der Waals surface area (Å²) in [6, 6.07) is 7.81. The first-order chi connectivity index (χ1) is 9.70. The lowest BCUT2D eigenvalue weighted by atomic mass is 9.71. The maximum atomic E-state index is 12.4. The van der Waals surface area contributed by atoms with Gasteiger partial charge in [0, 0.05) is 11.6 Å². The fourth-order valence-electron chi connectivity index (χ4n) is 3.05. The summed E-state index contributed by atoms with van der Waals surface area (Å²) in [6.45, 7) is 0.700. The van der Waals surface area contributed by atoms with E-state index in [1.807, 2.05) is 24.3 Å². The number of halogens is 1. The van der Waals surface area contributed by atoms with E-state index in [-0.39, 0.29) is 17.6 Å². The Morgan fingerprint density at radius 1 is 1.20 bits per heavy atom. The van der Waals surface area contributed by atoms with Crippen LogP contribution in [0.4, 0.5) is 0 Å². The third-order valence-corrected chi connectivity index (χ3v) is 4.69. The molecule has 3 nitrogen and oxygen atoms in total. The smallest absolute Gasteiger partial charge is 0.249 e. The van der Waals surface area contributed by atoms with Crippen LogP contribution in [0.2, 0.25) is 5.02 Å². The molecule has 0 bridgehead atoms. The van der Waals surface area contributed by atoms with Gasteiger partial charge in [0.25, 0.3) is 0 Å². The Bertz CT molecular complexity index is 476. The SMILES string of the molecule is O=C(NC1(c2ccc(Cl)cc2)CCC1)C1CCCCO1. The minimum absolute atomic E-state index is 0.0411. The molecule has 0 spiro atoms. The number of nitrogens with one attached hydrogen (secondary N) is 1. The average molecular weight is 294 g/mol. The third kappa shape index (κ3) is 2.70. The lowest BCUT2D eigenvalue weighted by molar-refractivity contribution is -0.138. The number of rotatable bonds is 3. The van der Waals surface area contributed by atoms with E-state index >= 15 is 0 Å². The highest BCUT2D eigenvalue weighted by Crippen LogP contribution is 2.41. The largest absolute Gasteiger partial charge is 0.368 e. The van der Waals surface area contributed by atoms with Gasteiger partial charge in [-0.25, -0.2) is 0 Å². The molecule has 2 aliphatic rings. The second kappa shape index (κ2) is 5.74. The first-order valence-electron chi connectivity index (χ1n) is 7.39. The number of amides is 1. The molecule has 2 fully saturated rings. The molecule has 1 saturated heterocycles. The molecule has 108 valence electrons. The normalized spacial score (nSPS) is 24.8. The van der Waals surface area contributed by atoms with Crippen LogP contribution in [-0.4, -0.2) is 18.6 Å². The fourth-order valence-corrected chi connectivity index (χ4v) is 3.17. The van der Waals surface area contributed by atoms with Gasteiger partial charge in [-0.1, -0.05) is 23.7 Å². The van der Waals surface area contributed by atoms with E-state index in [1.165, 1.54) is 0 Å². The van der Waals surface area contributed by atoms with Crippen molar-refractivity contribution in [2.75, 3.05) is 6.61 Å². The van der Waals surface area contributed by atoms with E-state index in [2.05, 4.69) is 5.32 Å². The van der Waals surface area contributed by atoms with Gasteiger partial charge in [0.2, 0.25) is 5.91 Å². The van der Waals surface area contributed by atoms with Gasteiger partial charge in [-0.2, -0.15) is 0 Å². The molecule has 1 amide bonds. The quantitative estimate of drug-likeness (QED) is 0.927. The maximum Gasteiger partial charge on any atom is 0.249 e. The molecule has 0 radical (unpaired) electrons. The summed E-state index contributed by atoms with van der Waals surface area (Å²) < 4.78 is 5.58. The van der Waals surface area contributed by atoms with Crippen molar-refractivity contribution < 1.29 is 9.53 Å². The summed E-state index contributed by atoms with van der Waals surface area (Å²) in [4.78, 5) is 12.4. The number of hydrogen-bond donors (Lipinski definition) is 1. The summed E-state index contributed by atoms with van der Waals surface area (Å²) in [5.74, 6) is 0.0411. The lowest BCUT2D eigenvalue weighted by Gasteiger charge is -2.44. The van der Waals surface area contributed by atoms with Crippen molar-refractivity contribution in [1.29, 1.82) is 0 Å². The van der Waals surface area contributed by atoms with Crippen molar-refractivity contribution >= 4 is 17.5 Å². The molecule has 1 atom stereocenters. The Morgan fingerprint density at radius 3 is 2.50 bits per heavy atom. The van der Waals surface area contributed by atoms with Gasteiger partial charge in [0.15, 0.2) is 0 Å². The summed E-state index contributed by atoms with van der Waals surface area (Å²) in [5.41, 5.74) is 0.944. The van der Waals surface area contributed by atoms with Crippen LogP contribution < -0.4 is 5.32 Å². The second-order valence-electron chi connectivity index (χ2n) is 5.79. The van der Waals surface area contributed by atoms with Gasteiger partial charge in [-0.15, -0.1) is 0 Å². The topological polar surface area (TPSA) is 38.3 Å². The molecule has 20 heavy (non-hydrogen) atoms. The molecule has 1 aromatic carbocycles. The van der Waals surface area contributed by atoms with Crippen LogP contribution in [0.25, 0.3) is 0 Å². The predicted molar refractivity (Wildman–Crippen MR) is 78.7 cm³/mol. The van der Waals surface area contributed by atoms with E-state index in [4.69, 9.17) is 16.3 Å². The van der Waals surface area contributed by atoms with E-state index in [0.29, 0.717) is 6.61 Å². The summed E-state index contributed by atoms with van der Waals surface area (Å²) in [7, 11) is 0. The summed E-state index contributed by atoms with van der Waals surface area (Å²) in [5, 5.41) is 3.96. The number of benzene rings is 1. The number of ether oxygens (including phenoxy) is 1. The highest BCUT2D eigenvalue weighted by atomic mass is 35.5. The molecule has 4 heteroatoms. The minimum Gasteiger partial charge on any atom is -0.368 e. The van der Waals surface area contributed by atoms with Crippen LogP contribution >= 0.6 is 11.6 Å². The molecule has 1 aliphatic carbocycles. The molecule has 1 unspecified atom stereocenters.